The maximum absolute atomic E-state index is 12.3. The first kappa shape index (κ1) is 20.7. The van der Waals surface area contributed by atoms with E-state index < -0.39 is 12.0 Å². The van der Waals surface area contributed by atoms with E-state index in [1.54, 1.807) is 18.2 Å². The second-order valence-electron chi connectivity index (χ2n) is 6.16. The van der Waals surface area contributed by atoms with E-state index >= 15 is 0 Å². The van der Waals surface area contributed by atoms with Gasteiger partial charge in [0.25, 0.3) is 0 Å². The molecule has 1 amide bonds. The van der Waals surface area contributed by atoms with Gasteiger partial charge in [-0.25, -0.2) is 4.79 Å². The first-order valence-corrected chi connectivity index (χ1v) is 8.74. The van der Waals surface area contributed by atoms with Gasteiger partial charge in [0, 0.05) is 5.69 Å². The number of halogens is 1. The normalized spacial score (nSPS) is 11.6. The van der Waals surface area contributed by atoms with Crippen molar-refractivity contribution >= 4 is 29.2 Å². The third-order valence-electron chi connectivity index (χ3n) is 3.92. The summed E-state index contributed by atoms with van der Waals surface area (Å²) in [4.78, 5) is 24.4. The lowest BCUT2D eigenvalue weighted by atomic mass is 10.1. The van der Waals surface area contributed by atoms with Crippen LogP contribution >= 0.6 is 11.6 Å². The molecule has 0 bridgehead atoms. The van der Waals surface area contributed by atoms with Crippen LogP contribution < -0.4 is 15.4 Å². The molecule has 0 aliphatic heterocycles. The van der Waals surface area contributed by atoms with Crippen LogP contribution in [-0.4, -0.2) is 32.6 Å². The lowest BCUT2D eigenvalue weighted by molar-refractivity contribution is -0.143. The fourth-order valence-electron chi connectivity index (χ4n) is 2.76. The molecule has 0 aliphatic rings. The van der Waals surface area contributed by atoms with E-state index in [4.69, 9.17) is 21.1 Å². The molecule has 0 spiro atoms. The van der Waals surface area contributed by atoms with Crippen LogP contribution in [0.1, 0.15) is 22.7 Å². The quantitative estimate of drug-likeness (QED) is 0.708. The predicted octanol–water partition coefficient (Wildman–Crippen LogP) is 3.41. The summed E-state index contributed by atoms with van der Waals surface area (Å²) in [6, 6.07) is 9.92. The molecule has 0 heterocycles. The Balaban J connectivity index is 2.09. The maximum Gasteiger partial charge on any atom is 0.327 e. The molecule has 2 aromatic carbocycles. The Bertz CT molecular complexity index is 818. The van der Waals surface area contributed by atoms with E-state index in [0.717, 1.165) is 11.1 Å². The van der Waals surface area contributed by atoms with Crippen LogP contribution in [0.25, 0.3) is 0 Å². The number of carbonyl (C=O) groups is 2. The summed E-state index contributed by atoms with van der Waals surface area (Å²) in [6.07, 6.45) is 0. The molecule has 0 radical (unpaired) electrons. The number of methoxy groups -OCH3 is 2. The van der Waals surface area contributed by atoms with Crippen molar-refractivity contribution in [3.8, 4) is 5.75 Å². The van der Waals surface area contributed by atoms with E-state index in [2.05, 4.69) is 10.6 Å². The molecular formula is C20H23ClN2O4. The van der Waals surface area contributed by atoms with Crippen molar-refractivity contribution in [2.75, 3.05) is 26.1 Å². The summed E-state index contributed by atoms with van der Waals surface area (Å²) >= 11 is 6.14. The molecule has 0 aliphatic carbocycles. The highest BCUT2D eigenvalue weighted by atomic mass is 35.5. The van der Waals surface area contributed by atoms with Gasteiger partial charge in [0.05, 0.1) is 25.8 Å². The van der Waals surface area contributed by atoms with E-state index in [1.807, 2.05) is 32.0 Å². The number of hydrogen-bond donors (Lipinski definition) is 2. The molecule has 0 saturated heterocycles. The smallest absolute Gasteiger partial charge is 0.327 e. The van der Waals surface area contributed by atoms with E-state index in [1.165, 1.54) is 14.2 Å². The van der Waals surface area contributed by atoms with Crippen molar-refractivity contribution in [1.29, 1.82) is 0 Å². The first-order chi connectivity index (χ1) is 12.8. The second kappa shape index (κ2) is 9.39. The highest BCUT2D eigenvalue weighted by Crippen LogP contribution is 2.28. The topological polar surface area (TPSA) is 76.7 Å². The molecule has 7 heteroatoms. The first-order valence-electron chi connectivity index (χ1n) is 8.37. The average Bonchev–Trinajstić information content (AvgIpc) is 2.60. The number of aryl methyl sites for hydroxylation is 2. The van der Waals surface area contributed by atoms with Crippen molar-refractivity contribution < 1.29 is 19.1 Å². The highest BCUT2D eigenvalue weighted by molar-refractivity contribution is 6.32. The summed E-state index contributed by atoms with van der Waals surface area (Å²) in [5, 5.41) is 6.10. The molecule has 0 fully saturated rings. The van der Waals surface area contributed by atoms with Gasteiger partial charge in [-0.1, -0.05) is 23.7 Å². The van der Waals surface area contributed by atoms with Gasteiger partial charge >= 0.3 is 5.97 Å². The number of nitrogens with one attached hydrogen (secondary N) is 2. The zero-order valence-electron chi connectivity index (χ0n) is 15.8. The van der Waals surface area contributed by atoms with Gasteiger partial charge in [0.2, 0.25) is 5.91 Å². The molecule has 144 valence electrons. The Morgan fingerprint density at radius 3 is 2.30 bits per heavy atom. The van der Waals surface area contributed by atoms with Gasteiger partial charge in [-0.3, -0.25) is 10.1 Å². The molecule has 0 saturated carbocycles. The molecule has 2 rings (SSSR count). The number of esters is 1. The van der Waals surface area contributed by atoms with Crippen LogP contribution in [0, 0.1) is 13.8 Å². The lowest BCUT2D eigenvalue weighted by Crippen LogP contribution is -2.35. The Kier molecular flexibility index (Phi) is 7.21. The summed E-state index contributed by atoms with van der Waals surface area (Å²) in [5.41, 5.74) is 3.39. The molecule has 2 N–H and O–H groups in total. The molecule has 0 unspecified atom stereocenters. The SMILES string of the molecule is COC(=O)[C@H](NCC(=O)Nc1cc(C)cc(C)c1)c1ccc(OC)c(Cl)c1. The minimum absolute atomic E-state index is 0.0730. The summed E-state index contributed by atoms with van der Waals surface area (Å²) in [6.45, 7) is 3.85. The van der Waals surface area contributed by atoms with Crippen molar-refractivity contribution in [2.24, 2.45) is 0 Å². The average molecular weight is 391 g/mol. The third kappa shape index (κ3) is 5.70. The molecular weight excluding hydrogens is 368 g/mol. The number of hydrogen-bond acceptors (Lipinski definition) is 5. The number of rotatable bonds is 7. The van der Waals surface area contributed by atoms with Crippen LogP contribution in [-0.2, 0) is 14.3 Å². The fourth-order valence-corrected chi connectivity index (χ4v) is 3.03. The Labute approximate surface area is 163 Å². The molecule has 2 aromatic rings. The number of carbonyl (C=O) groups excluding carboxylic acids is 2. The third-order valence-corrected chi connectivity index (χ3v) is 4.21. The zero-order valence-corrected chi connectivity index (χ0v) is 16.5. The fraction of sp³-hybridized carbons (Fsp3) is 0.300. The van der Waals surface area contributed by atoms with Crippen LogP contribution in [0.15, 0.2) is 36.4 Å². The maximum atomic E-state index is 12.3. The largest absolute Gasteiger partial charge is 0.495 e. The number of amides is 1. The van der Waals surface area contributed by atoms with Gasteiger partial charge in [0.15, 0.2) is 0 Å². The Morgan fingerprint density at radius 2 is 1.74 bits per heavy atom. The number of anilines is 1. The van der Waals surface area contributed by atoms with E-state index in [-0.39, 0.29) is 12.5 Å². The van der Waals surface area contributed by atoms with Crippen molar-refractivity contribution in [1.82, 2.24) is 5.32 Å². The van der Waals surface area contributed by atoms with E-state index in [0.29, 0.717) is 22.0 Å². The van der Waals surface area contributed by atoms with Gasteiger partial charge in [-0.15, -0.1) is 0 Å². The van der Waals surface area contributed by atoms with Gasteiger partial charge < -0.3 is 14.8 Å². The summed E-state index contributed by atoms with van der Waals surface area (Å²) in [5.74, 6) is -0.291. The lowest BCUT2D eigenvalue weighted by Gasteiger charge is -2.18. The number of ether oxygens (including phenoxy) is 2. The Hall–Kier alpha value is -2.57. The highest BCUT2D eigenvalue weighted by Gasteiger charge is 2.23. The minimum Gasteiger partial charge on any atom is -0.495 e. The van der Waals surface area contributed by atoms with Crippen molar-refractivity contribution in [3.63, 3.8) is 0 Å². The van der Waals surface area contributed by atoms with Crippen LogP contribution in [0.2, 0.25) is 5.02 Å². The van der Waals surface area contributed by atoms with Crippen molar-refractivity contribution in [2.45, 2.75) is 19.9 Å². The second-order valence-corrected chi connectivity index (χ2v) is 6.56. The standard InChI is InChI=1S/C20H23ClN2O4/c1-12-7-13(2)9-15(8-12)23-18(24)11-22-19(20(25)27-4)14-5-6-17(26-3)16(21)10-14/h5-10,19,22H,11H2,1-4H3,(H,23,24)/t19-/m1/s1. The molecule has 1 atom stereocenters. The summed E-state index contributed by atoms with van der Waals surface area (Å²) in [7, 11) is 2.80. The predicted molar refractivity (Wildman–Crippen MR) is 105 cm³/mol. The molecule has 27 heavy (non-hydrogen) atoms. The molecule has 0 aromatic heterocycles. The summed E-state index contributed by atoms with van der Waals surface area (Å²) < 4.78 is 9.96. The van der Waals surface area contributed by atoms with Gasteiger partial charge in [-0.05, 0) is 54.8 Å². The van der Waals surface area contributed by atoms with E-state index in [9.17, 15) is 9.59 Å². The van der Waals surface area contributed by atoms with Crippen molar-refractivity contribution in [3.05, 3.63) is 58.1 Å². The Morgan fingerprint density at radius 1 is 1.07 bits per heavy atom. The van der Waals surface area contributed by atoms with Crippen LogP contribution in [0.3, 0.4) is 0 Å². The molecule has 6 nitrogen and oxygen atoms in total. The number of benzene rings is 2. The monoisotopic (exact) mass is 390 g/mol. The van der Waals surface area contributed by atoms with Gasteiger partial charge in [-0.2, -0.15) is 0 Å². The minimum atomic E-state index is -0.830. The van der Waals surface area contributed by atoms with Crippen LogP contribution in [0.4, 0.5) is 5.69 Å². The zero-order chi connectivity index (χ0) is 20.0. The van der Waals surface area contributed by atoms with Crippen LogP contribution in [0.5, 0.6) is 5.75 Å². The van der Waals surface area contributed by atoms with Gasteiger partial charge in [0.1, 0.15) is 11.8 Å².